The molecule has 1 aromatic heterocycles. The second-order valence-electron chi connectivity index (χ2n) is 5.92. The molecule has 130 valence electrons. The van der Waals surface area contributed by atoms with Gasteiger partial charge in [0.05, 0.1) is 17.5 Å². The first-order valence-electron chi connectivity index (χ1n) is 8.08. The number of halogens is 2. The number of carbonyl (C=O) groups excluding carboxylic acids is 1. The molecule has 26 heavy (non-hydrogen) atoms. The van der Waals surface area contributed by atoms with Gasteiger partial charge in [-0.15, -0.1) is 0 Å². The van der Waals surface area contributed by atoms with E-state index in [1.807, 2.05) is 12.1 Å². The predicted molar refractivity (Wildman–Crippen MR) is 96.6 cm³/mol. The maximum Gasteiger partial charge on any atom is 0.277 e. The van der Waals surface area contributed by atoms with E-state index in [2.05, 4.69) is 5.10 Å². The van der Waals surface area contributed by atoms with E-state index < -0.39 is 17.8 Å². The lowest BCUT2D eigenvalue weighted by molar-refractivity contribution is 0.0688. The van der Waals surface area contributed by atoms with E-state index in [0.29, 0.717) is 22.9 Å². The Balaban J connectivity index is 1.73. The maximum atomic E-state index is 14.1. The zero-order valence-electron chi connectivity index (χ0n) is 13.6. The first-order valence-corrected chi connectivity index (χ1v) is 8.46. The molecule has 0 fully saturated rings. The SMILES string of the molecule is O=C(c1ccccc1F)N1N=C(c2ccc(Cl)cc2)CC1c1ccco1. The number of amides is 1. The van der Waals surface area contributed by atoms with Crippen LogP contribution in [0.3, 0.4) is 0 Å². The number of hydrogen-bond donors (Lipinski definition) is 0. The van der Waals surface area contributed by atoms with Crippen molar-refractivity contribution in [1.29, 1.82) is 0 Å². The van der Waals surface area contributed by atoms with Gasteiger partial charge in [0, 0.05) is 11.4 Å². The van der Waals surface area contributed by atoms with Gasteiger partial charge in [0.1, 0.15) is 17.6 Å². The van der Waals surface area contributed by atoms with Crippen LogP contribution in [0.15, 0.2) is 76.4 Å². The minimum atomic E-state index is -0.578. The van der Waals surface area contributed by atoms with Crippen molar-refractivity contribution in [3.63, 3.8) is 0 Å². The molecule has 2 aromatic carbocycles. The molecule has 4 rings (SSSR count). The lowest BCUT2D eigenvalue weighted by Crippen LogP contribution is -2.27. The van der Waals surface area contributed by atoms with Gasteiger partial charge in [-0.05, 0) is 42.0 Å². The summed E-state index contributed by atoms with van der Waals surface area (Å²) < 4.78 is 19.6. The van der Waals surface area contributed by atoms with Crippen molar-refractivity contribution >= 4 is 23.2 Å². The third-order valence-electron chi connectivity index (χ3n) is 4.27. The number of hydrazone groups is 1. The van der Waals surface area contributed by atoms with Crippen LogP contribution in [0.1, 0.15) is 34.1 Å². The minimum Gasteiger partial charge on any atom is -0.467 e. The maximum absolute atomic E-state index is 14.1. The van der Waals surface area contributed by atoms with E-state index in [-0.39, 0.29) is 5.56 Å². The minimum absolute atomic E-state index is 0.0230. The summed E-state index contributed by atoms with van der Waals surface area (Å²) in [5.41, 5.74) is 1.55. The highest BCUT2D eigenvalue weighted by Crippen LogP contribution is 2.34. The first-order chi connectivity index (χ1) is 12.6. The summed E-state index contributed by atoms with van der Waals surface area (Å²) in [6, 6.07) is 16.2. The molecular formula is C20H14ClFN2O2. The summed E-state index contributed by atoms with van der Waals surface area (Å²) in [4.78, 5) is 12.9. The van der Waals surface area contributed by atoms with Crippen LogP contribution in [0.4, 0.5) is 4.39 Å². The van der Waals surface area contributed by atoms with Crippen LogP contribution in [0.25, 0.3) is 0 Å². The average molecular weight is 369 g/mol. The van der Waals surface area contributed by atoms with Crippen molar-refractivity contribution in [3.05, 3.63) is 94.7 Å². The Labute approximate surface area is 154 Å². The number of nitrogens with zero attached hydrogens (tertiary/aromatic N) is 2. The highest BCUT2D eigenvalue weighted by Gasteiger charge is 2.36. The zero-order valence-corrected chi connectivity index (χ0v) is 14.4. The molecule has 1 amide bonds. The van der Waals surface area contributed by atoms with Gasteiger partial charge in [0.25, 0.3) is 5.91 Å². The van der Waals surface area contributed by atoms with Crippen LogP contribution in [0.5, 0.6) is 0 Å². The molecule has 0 spiro atoms. The number of rotatable bonds is 3. The highest BCUT2D eigenvalue weighted by molar-refractivity contribution is 6.30. The van der Waals surface area contributed by atoms with Crippen molar-refractivity contribution in [2.75, 3.05) is 0 Å². The smallest absolute Gasteiger partial charge is 0.277 e. The van der Waals surface area contributed by atoms with E-state index >= 15 is 0 Å². The Hall–Kier alpha value is -2.92. The molecule has 6 heteroatoms. The summed E-state index contributed by atoms with van der Waals surface area (Å²) in [5, 5.41) is 6.39. The second kappa shape index (κ2) is 6.77. The quantitative estimate of drug-likeness (QED) is 0.648. The number of carbonyl (C=O) groups is 1. The third kappa shape index (κ3) is 3.02. The van der Waals surface area contributed by atoms with Crippen LogP contribution in [0.2, 0.25) is 5.02 Å². The highest BCUT2D eigenvalue weighted by atomic mass is 35.5. The normalized spacial score (nSPS) is 16.6. The van der Waals surface area contributed by atoms with Gasteiger partial charge in [0.15, 0.2) is 0 Å². The molecule has 0 aliphatic carbocycles. The molecular weight excluding hydrogens is 355 g/mol. The van der Waals surface area contributed by atoms with Gasteiger partial charge in [-0.3, -0.25) is 4.79 Å². The van der Waals surface area contributed by atoms with E-state index in [1.54, 1.807) is 42.7 Å². The monoisotopic (exact) mass is 368 g/mol. The standard InChI is InChI=1S/C20H14ClFN2O2/c21-14-9-7-13(8-10-14)17-12-18(19-6-3-11-26-19)24(23-17)20(25)15-4-1-2-5-16(15)22/h1-11,18H,12H2. The first kappa shape index (κ1) is 16.5. The Bertz CT molecular complexity index is 968. The molecule has 3 aromatic rings. The van der Waals surface area contributed by atoms with E-state index in [1.165, 1.54) is 17.1 Å². The Morgan fingerprint density at radius 2 is 1.88 bits per heavy atom. The zero-order chi connectivity index (χ0) is 18.1. The van der Waals surface area contributed by atoms with Gasteiger partial charge in [-0.25, -0.2) is 9.40 Å². The van der Waals surface area contributed by atoms with E-state index in [9.17, 15) is 9.18 Å². The molecule has 1 aliphatic heterocycles. The Morgan fingerprint density at radius 3 is 2.58 bits per heavy atom. The van der Waals surface area contributed by atoms with E-state index in [0.717, 1.165) is 5.56 Å². The average Bonchev–Trinajstić information content (AvgIpc) is 3.32. The van der Waals surface area contributed by atoms with Gasteiger partial charge >= 0.3 is 0 Å². The summed E-state index contributed by atoms with van der Waals surface area (Å²) in [7, 11) is 0. The summed E-state index contributed by atoms with van der Waals surface area (Å²) in [5.74, 6) is -0.485. The molecule has 1 aliphatic rings. The summed E-state index contributed by atoms with van der Waals surface area (Å²) in [6.45, 7) is 0. The van der Waals surface area contributed by atoms with Crippen LogP contribution < -0.4 is 0 Å². The molecule has 0 saturated heterocycles. The number of benzene rings is 2. The van der Waals surface area contributed by atoms with Crippen molar-refractivity contribution in [2.24, 2.45) is 5.10 Å². The van der Waals surface area contributed by atoms with Crippen LogP contribution in [-0.4, -0.2) is 16.6 Å². The van der Waals surface area contributed by atoms with Gasteiger partial charge in [-0.1, -0.05) is 35.9 Å². The fourth-order valence-electron chi connectivity index (χ4n) is 2.98. The number of furan rings is 1. The molecule has 0 bridgehead atoms. The molecule has 0 N–H and O–H groups in total. The lowest BCUT2D eigenvalue weighted by Gasteiger charge is -2.20. The van der Waals surface area contributed by atoms with Crippen LogP contribution in [-0.2, 0) is 0 Å². The van der Waals surface area contributed by atoms with Crippen molar-refractivity contribution in [2.45, 2.75) is 12.5 Å². The second-order valence-corrected chi connectivity index (χ2v) is 6.35. The third-order valence-corrected chi connectivity index (χ3v) is 4.52. The van der Waals surface area contributed by atoms with Crippen molar-refractivity contribution in [1.82, 2.24) is 5.01 Å². The van der Waals surface area contributed by atoms with Crippen LogP contribution >= 0.6 is 11.6 Å². The Kier molecular flexibility index (Phi) is 4.31. The summed E-state index contributed by atoms with van der Waals surface area (Å²) >= 11 is 5.94. The fraction of sp³-hybridized carbons (Fsp3) is 0.100. The van der Waals surface area contributed by atoms with Crippen LogP contribution in [0, 0.1) is 5.82 Å². The predicted octanol–water partition coefficient (Wildman–Crippen LogP) is 5.06. The van der Waals surface area contributed by atoms with Gasteiger partial charge in [0.2, 0.25) is 0 Å². The van der Waals surface area contributed by atoms with Crippen molar-refractivity contribution in [3.8, 4) is 0 Å². The molecule has 1 atom stereocenters. The molecule has 2 heterocycles. The molecule has 0 saturated carbocycles. The van der Waals surface area contributed by atoms with Gasteiger partial charge < -0.3 is 4.42 Å². The molecule has 4 nitrogen and oxygen atoms in total. The van der Waals surface area contributed by atoms with Crippen molar-refractivity contribution < 1.29 is 13.6 Å². The van der Waals surface area contributed by atoms with Gasteiger partial charge in [-0.2, -0.15) is 5.10 Å². The fourth-order valence-corrected chi connectivity index (χ4v) is 3.10. The largest absolute Gasteiger partial charge is 0.467 e. The lowest BCUT2D eigenvalue weighted by atomic mass is 10.0. The summed E-state index contributed by atoms with van der Waals surface area (Å²) in [6.07, 6.45) is 2.01. The topological polar surface area (TPSA) is 45.8 Å². The molecule has 0 radical (unpaired) electrons. The Morgan fingerprint density at radius 1 is 1.12 bits per heavy atom. The number of hydrogen-bond acceptors (Lipinski definition) is 3. The molecule has 1 unspecified atom stereocenters. The van der Waals surface area contributed by atoms with E-state index in [4.69, 9.17) is 16.0 Å².